The van der Waals surface area contributed by atoms with Crippen LogP contribution in [0.2, 0.25) is 5.02 Å². The summed E-state index contributed by atoms with van der Waals surface area (Å²) in [5, 5.41) is 21.8. The van der Waals surface area contributed by atoms with Crippen molar-refractivity contribution in [2.45, 2.75) is 32.4 Å². The Balaban J connectivity index is 1.76. The van der Waals surface area contributed by atoms with Gasteiger partial charge in [-0.15, -0.1) is 6.42 Å². The zero-order chi connectivity index (χ0) is 25.5. The Bertz CT molecular complexity index is 1300. The minimum atomic E-state index is -1.30. The fourth-order valence-corrected chi connectivity index (χ4v) is 3.92. The Hall–Kier alpha value is -4.09. The van der Waals surface area contributed by atoms with Gasteiger partial charge >= 0.3 is 11.9 Å². The molecule has 0 saturated heterocycles. The Kier molecular flexibility index (Phi) is 8.29. The molecule has 0 saturated carbocycles. The van der Waals surface area contributed by atoms with Crippen LogP contribution in [0.25, 0.3) is 10.9 Å². The van der Waals surface area contributed by atoms with Gasteiger partial charge in [-0.05, 0) is 61.4 Å². The highest BCUT2D eigenvalue weighted by Gasteiger charge is 2.21. The molecule has 0 aliphatic carbocycles. The first kappa shape index (κ1) is 25.5. The number of aliphatic carboxylic acids is 2. The van der Waals surface area contributed by atoms with E-state index < -0.39 is 23.9 Å². The second-order valence-electron chi connectivity index (χ2n) is 8.00. The van der Waals surface area contributed by atoms with Crippen LogP contribution in [-0.2, 0) is 16.1 Å². The van der Waals surface area contributed by atoms with Gasteiger partial charge in [-0.3, -0.25) is 14.6 Å². The lowest BCUT2D eigenvalue weighted by Gasteiger charge is -2.23. The molecule has 0 spiro atoms. The number of hydrogen-bond donors (Lipinski definition) is 3. The first-order valence-electron chi connectivity index (χ1n) is 10.8. The first-order chi connectivity index (χ1) is 16.7. The van der Waals surface area contributed by atoms with Crippen LogP contribution < -0.4 is 10.2 Å². The number of aryl methyl sites for hydroxylation is 1. The second-order valence-corrected chi connectivity index (χ2v) is 8.41. The van der Waals surface area contributed by atoms with Crippen molar-refractivity contribution in [2.75, 3.05) is 11.4 Å². The number of carbonyl (C=O) groups is 3. The Morgan fingerprint density at radius 3 is 2.49 bits per heavy atom. The first-order valence-corrected chi connectivity index (χ1v) is 11.2. The smallest absolute Gasteiger partial charge is 0.326 e. The molecular weight excluding hydrogens is 470 g/mol. The van der Waals surface area contributed by atoms with E-state index in [0.717, 1.165) is 27.8 Å². The summed E-state index contributed by atoms with van der Waals surface area (Å²) in [5.41, 5.74) is 3.64. The van der Waals surface area contributed by atoms with Crippen molar-refractivity contribution in [1.29, 1.82) is 0 Å². The number of halogens is 1. The number of carboxylic acids is 2. The number of nitrogens with one attached hydrogen (secondary N) is 1. The zero-order valence-corrected chi connectivity index (χ0v) is 19.7. The van der Waals surface area contributed by atoms with E-state index >= 15 is 0 Å². The largest absolute Gasteiger partial charge is 0.481 e. The van der Waals surface area contributed by atoms with E-state index in [1.54, 1.807) is 24.3 Å². The summed E-state index contributed by atoms with van der Waals surface area (Å²) in [6, 6.07) is 12.9. The number of benzene rings is 2. The summed E-state index contributed by atoms with van der Waals surface area (Å²) in [6.07, 6.45) is 5.00. The highest BCUT2D eigenvalue weighted by molar-refractivity contribution is 6.35. The van der Waals surface area contributed by atoms with E-state index in [9.17, 15) is 19.5 Å². The minimum Gasteiger partial charge on any atom is -0.481 e. The second kappa shape index (κ2) is 11.4. The van der Waals surface area contributed by atoms with Gasteiger partial charge in [-0.2, -0.15) is 0 Å². The Morgan fingerprint density at radius 1 is 1.14 bits per heavy atom. The van der Waals surface area contributed by atoms with Gasteiger partial charge in [-0.25, -0.2) is 4.79 Å². The van der Waals surface area contributed by atoms with Crippen LogP contribution in [0.15, 0.2) is 48.5 Å². The fraction of sp³-hybridized carbons (Fsp3) is 0.231. The number of rotatable bonds is 10. The van der Waals surface area contributed by atoms with Crippen LogP contribution >= 0.6 is 11.6 Å². The van der Waals surface area contributed by atoms with Crippen LogP contribution in [0.4, 0.5) is 5.69 Å². The third-order valence-corrected chi connectivity index (χ3v) is 5.66. The van der Waals surface area contributed by atoms with E-state index in [1.807, 2.05) is 36.1 Å². The normalized spacial score (nSPS) is 11.5. The van der Waals surface area contributed by atoms with Crippen molar-refractivity contribution < 1.29 is 24.6 Å². The molecule has 0 radical (unpaired) electrons. The fourth-order valence-electron chi connectivity index (χ4n) is 3.61. The molecule has 2 aromatic carbocycles. The standard InChI is InChI=1S/C26H24ClN3O5/c1-3-12-30(15-17-4-9-22-20(14-17)21(27)13-16(2)28-22)19-7-5-18(6-8-19)25(33)29-23(26(34)35)10-11-24(31)32/h1,4-9,13-14,23H,10-12,15H2,2H3,(H,29,33)(H,31,32)(H,34,35)/t23-/m0/s1. The molecule has 0 fully saturated rings. The molecule has 1 amide bonds. The van der Waals surface area contributed by atoms with Crippen LogP contribution in [0.5, 0.6) is 0 Å². The van der Waals surface area contributed by atoms with Crippen LogP contribution in [0, 0.1) is 19.3 Å². The van der Waals surface area contributed by atoms with Gasteiger partial charge in [0.2, 0.25) is 0 Å². The number of hydrogen-bond acceptors (Lipinski definition) is 5. The maximum Gasteiger partial charge on any atom is 0.326 e. The van der Waals surface area contributed by atoms with Crippen molar-refractivity contribution in [1.82, 2.24) is 10.3 Å². The van der Waals surface area contributed by atoms with E-state index in [4.69, 9.17) is 23.1 Å². The third kappa shape index (κ3) is 6.71. The number of fused-ring (bicyclic) bond motifs is 1. The summed E-state index contributed by atoms with van der Waals surface area (Å²) in [6.45, 7) is 2.70. The number of pyridine rings is 1. The van der Waals surface area contributed by atoms with Crippen molar-refractivity contribution in [3.63, 3.8) is 0 Å². The molecule has 3 rings (SSSR count). The van der Waals surface area contributed by atoms with Crippen LogP contribution in [0.1, 0.15) is 34.5 Å². The van der Waals surface area contributed by atoms with E-state index in [0.29, 0.717) is 18.1 Å². The molecule has 8 nitrogen and oxygen atoms in total. The topological polar surface area (TPSA) is 120 Å². The lowest BCUT2D eigenvalue weighted by molar-refractivity contribution is -0.140. The van der Waals surface area contributed by atoms with Crippen LogP contribution in [0.3, 0.4) is 0 Å². The summed E-state index contributed by atoms with van der Waals surface area (Å²) >= 11 is 6.40. The predicted octanol–water partition coefficient (Wildman–Crippen LogP) is 3.88. The highest BCUT2D eigenvalue weighted by Crippen LogP contribution is 2.26. The lowest BCUT2D eigenvalue weighted by Crippen LogP contribution is -2.41. The Labute approximate surface area is 207 Å². The van der Waals surface area contributed by atoms with Crippen molar-refractivity contribution in [3.05, 3.63) is 70.4 Å². The molecule has 0 aliphatic heterocycles. The molecule has 3 aromatic rings. The minimum absolute atomic E-state index is 0.213. The molecule has 9 heteroatoms. The summed E-state index contributed by atoms with van der Waals surface area (Å²) in [7, 11) is 0. The molecule has 1 atom stereocenters. The number of aromatic nitrogens is 1. The number of nitrogens with zero attached hydrogens (tertiary/aromatic N) is 2. The van der Waals surface area contributed by atoms with Gasteiger partial charge in [0.15, 0.2) is 0 Å². The number of carboxylic acid groups (broad SMARTS) is 2. The molecule has 3 N–H and O–H groups in total. The molecule has 35 heavy (non-hydrogen) atoms. The number of carbonyl (C=O) groups excluding carboxylic acids is 1. The highest BCUT2D eigenvalue weighted by atomic mass is 35.5. The summed E-state index contributed by atoms with van der Waals surface area (Å²) in [5.74, 6) is -0.400. The summed E-state index contributed by atoms with van der Waals surface area (Å²) in [4.78, 5) is 41.0. The number of terminal acetylenes is 1. The van der Waals surface area contributed by atoms with Crippen LogP contribution in [-0.4, -0.2) is 45.6 Å². The number of amides is 1. The SMILES string of the molecule is C#CCN(Cc1ccc2nc(C)cc(Cl)c2c1)c1ccc(C(=O)N[C@@H](CCC(=O)O)C(=O)O)cc1. The van der Waals surface area contributed by atoms with Gasteiger partial charge in [0.25, 0.3) is 5.91 Å². The van der Waals surface area contributed by atoms with Gasteiger partial charge < -0.3 is 20.4 Å². The molecule has 1 heterocycles. The van der Waals surface area contributed by atoms with Crippen molar-refractivity contribution in [2.24, 2.45) is 0 Å². The average molecular weight is 494 g/mol. The number of anilines is 1. The van der Waals surface area contributed by atoms with Gasteiger partial charge in [0.05, 0.1) is 17.1 Å². The van der Waals surface area contributed by atoms with Gasteiger partial charge in [0.1, 0.15) is 6.04 Å². The van der Waals surface area contributed by atoms with E-state index in [2.05, 4.69) is 16.2 Å². The maximum atomic E-state index is 12.5. The van der Waals surface area contributed by atoms with Crippen molar-refractivity contribution >= 4 is 46.0 Å². The van der Waals surface area contributed by atoms with E-state index in [1.165, 1.54) is 0 Å². The maximum absolute atomic E-state index is 12.5. The molecule has 0 bridgehead atoms. The monoisotopic (exact) mass is 493 g/mol. The van der Waals surface area contributed by atoms with Gasteiger partial charge in [-0.1, -0.05) is 23.6 Å². The molecule has 180 valence electrons. The Morgan fingerprint density at radius 2 is 1.86 bits per heavy atom. The third-order valence-electron chi connectivity index (χ3n) is 5.35. The van der Waals surface area contributed by atoms with Crippen molar-refractivity contribution in [3.8, 4) is 12.3 Å². The average Bonchev–Trinajstić information content (AvgIpc) is 2.81. The molecule has 1 aromatic heterocycles. The molecule has 0 aliphatic rings. The zero-order valence-electron chi connectivity index (χ0n) is 19.0. The lowest BCUT2D eigenvalue weighted by atomic mass is 10.1. The predicted molar refractivity (Wildman–Crippen MR) is 134 cm³/mol. The quantitative estimate of drug-likeness (QED) is 0.366. The van der Waals surface area contributed by atoms with Gasteiger partial charge in [0, 0.05) is 35.3 Å². The summed E-state index contributed by atoms with van der Waals surface area (Å²) < 4.78 is 0. The molecular formula is C26H24ClN3O5. The van der Waals surface area contributed by atoms with E-state index in [-0.39, 0.29) is 18.4 Å². The molecule has 0 unspecified atom stereocenters.